The Bertz CT molecular complexity index is 977. The first-order valence-electron chi connectivity index (χ1n) is 8.69. The highest BCUT2D eigenvalue weighted by atomic mass is 32.2. The van der Waals surface area contributed by atoms with Crippen molar-refractivity contribution in [3.63, 3.8) is 0 Å². The minimum atomic E-state index is -0.470. The quantitative estimate of drug-likeness (QED) is 0.425. The molecule has 0 spiro atoms. The highest BCUT2D eigenvalue weighted by Gasteiger charge is 2.30. The van der Waals surface area contributed by atoms with E-state index in [9.17, 15) is 14.4 Å². The van der Waals surface area contributed by atoms with Gasteiger partial charge in [0, 0.05) is 20.0 Å². The molecule has 0 aromatic carbocycles. The number of rotatable bonds is 6. The minimum Gasteiger partial charge on any atom is -0.465 e. The number of carbonyl (C=O) groups is 1. The van der Waals surface area contributed by atoms with E-state index >= 15 is 0 Å². The average Bonchev–Trinajstić information content (AvgIpc) is 3.47. The molecule has 1 aliphatic rings. The van der Waals surface area contributed by atoms with Gasteiger partial charge in [0.25, 0.3) is 5.56 Å². The van der Waals surface area contributed by atoms with E-state index in [0.717, 1.165) is 17.4 Å². The molecule has 1 fully saturated rings. The van der Waals surface area contributed by atoms with Gasteiger partial charge in [-0.05, 0) is 26.2 Å². The molecule has 140 valence electrons. The van der Waals surface area contributed by atoms with Crippen molar-refractivity contribution in [3.05, 3.63) is 26.7 Å². The standard InChI is InChI=1S/C17H22N4O4S/c1-5-10(16(23)25-6-2)26-14-11-13(18-12(19-14)9-7-8-9)20(3)17(24)21(4)15(11)22/h9-10H,5-8H2,1-4H3/t10-/m0/s1. The molecular weight excluding hydrogens is 356 g/mol. The Morgan fingerprint density at radius 3 is 2.50 bits per heavy atom. The first-order chi connectivity index (χ1) is 12.4. The van der Waals surface area contributed by atoms with Crippen LogP contribution in [0.25, 0.3) is 11.0 Å². The van der Waals surface area contributed by atoms with E-state index in [1.165, 1.54) is 23.4 Å². The van der Waals surface area contributed by atoms with Crippen molar-refractivity contribution in [1.82, 2.24) is 19.1 Å². The number of nitrogens with zero attached hydrogens (tertiary/aromatic N) is 4. The molecule has 1 atom stereocenters. The lowest BCUT2D eigenvalue weighted by Gasteiger charge is -2.15. The maximum atomic E-state index is 12.7. The van der Waals surface area contributed by atoms with Crippen LogP contribution in [0.4, 0.5) is 0 Å². The molecule has 1 aliphatic carbocycles. The van der Waals surface area contributed by atoms with Crippen molar-refractivity contribution in [2.45, 2.75) is 49.3 Å². The summed E-state index contributed by atoms with van der Waals surface area (Å²) in [6, 6.07) is 0. The number of hydrogen-bond acceptors (Lipinski definition) is 7. The topological polar surface area (TPSA) is 96.1 Å². The summed E-state index contributed by atoms with van der Waals surface area (Å²) in [4.78, 5) is 46.3. The molecule has 0 saturated heterocycles. The van der Waals surface area contributed by atoms with Crippen LogP contribution in [0.2, 0.25) is 0 Å². The molecule has 2 heterocycles. The van der Waals surface area contributed by atoms with Gasteiger partial charge in [-0.15, -0.1) is 0 Å². The van der Waals surface area contributed by atoms with E-state index < -0.39 is 16.5 Å². The molecule has 9 heteroatoms. The lowest BCUT2D eigenvalue weighted by Crippen LogP contribution is -2.38. The van der Waals surface area contributed by atoms with Crippen LogP contribution >= 0.6 is 11.8 Å². The van der Waals surface area contributed by atoms with Gasteiger partial charge in [0.05, 0.1) is 6.61 Å². The van der Waals surface area contributed by atoms with Gasteiger partial charge < -0.3 is 4.74 Å². The fourth-order valence-corrected chi connectivity index (χ4v) is 3.77. The van der Waals surface area contributed by atoms with Crippen LogP contribution in [0.1, 0.15) is 44.9 Å². The lowest BCUT2D eigenvalue weighted by atomic mass is 10.3. The second-order valence-electron chi connectivity index (χ2n) is 6.33. The molecule has 0 radical (unpaired) electrons. The van der Waals surface area contributed by atoms with Gasteiger partial charge in [0.15, 0.2) is 5.65 Å². The van der Waals surface area contributed by atoms with Crippen LogP contribution in [0.3, 0.4) is 0 Å². The number of aryl methyl sites for hydroxylation is 1. The summed E-state index contributed by atoms with van der Waals surface area (Å²) in [5.41, 5.74) is -0.570. The minimum absolute atomic E-state index is 0.251. The number of carbonyl (C=O) groups excluding carboxylic acids is 1. The predicted molar refractivity (Wildman–Crippen MR) is 98.6 cm³/mol. The van der Waals surface area contributed by atoms with Crippen molar-refractivity contribution in [1.29, 1.82) is 0 Å². The third-order valence-electron chi connectivity index (χ3n) is 4.40. The van der Waals surface area contributed by atoms with E-state index in [4.69, 9.17) is 4.74 Å². The van der Waals surface area contributed by atoms with Gasteiger partial charge in [-0.25, -0.2) is 14.8 Å². The fraction of sp³-hybridized carbons (Fsp3) is 0.588. The first kappa shape index (κ1) is 18.6. The van der Waals surface area contributed by atoms with Crippen LogP contribution in [0.5, 0.6) is 0 Å². The van der Waals surface area contributed by atoms with Gasteiger partial charge in [0.2, 0.25) is 0 Å². The molecule has 0 N–H and O–H groups in total. The Morgan fingerprint density at radius 2 is 1.92 bits per heavy atom. The van der Waals surface area contributed by atoms with E-state index in [-0.39, 0.29) is 17.3 Å². The van der Waals surface area contributed by atoms with Crippen LogP contribution in [-0.2, 0) is 23.6 Å². The Kier molecular flexibility index (Phi) is 5.17. The van der Waals surface area contributed by atoms with Crippen LogP contribution in [0, 0.1) is 0 Å². The zero-order chi connectivity index (χ0) is 19.0. The average molecular weight is 378 g/mol. The molecule has 1 saturated carbocycles. The number of ether oxygens (including phenoxy) is 1. The molecule has 0 aliphatic heterocycles. The highest BCUT2D eigenvalue weighted by Crippen LogP contribution is 2.40. The van der Waals surface area contributed by atoms with Crippen molar-refractivity contribution in [2.75, 3.05) is 6.61 Å². The van der Waals surface area contributed by atoms with Gasteiger partial charge in [-0.3, -0.25) is 18.7 Å². The number of aromatic nitrogens is 4. The molecule has 0 amide bonds. The summed E-state index contributed by atoms with van der Waals surface area (Å²) in [7, 11) is 3.01. The maximum Gasteiger partial charge on any atom is 0.332 e. The third kappa shape index (κ3) is 3.27. The normalized spacial score (nSPS) is 15.2. The fourth-order valence-electron chi connectivity index (χ4n) is 2.72. The predicted octanol–water partition coefficient (Wildman–Crippen LogP) is 1.34. The van der Waals surface area contributed by atoms with Crippen LogP contribution < -0.4 is 11.2 Å². The Morgan fingerprint density at radius 1 is 1.23 bits per heavy atom. The Hall–Kier alpha value is -2.16. The first-order valence-corrected chi connectivity index (χ1v) is 9.57. The van der Waals surface area contributed by atoms with E-state index in [1.807, 2.05) is 6.92 Å². The highest BCUT2D eigenvalue weighted by molar-refractivity contribution is 8.00. The summed E-state index contributed by atoms with van der Waals surface area (Å²) in [5.74, 6) is 0.545. The number of hydrogen-bond donors (Lipinski definition) is 0. The van der Waals surface area contributed by atoms with Crippen molar-refractivity contribution in [3.8, 4) is 0 Å². The Balaban J connectivity index is 2.21. The lowest BCUT2D eigenvalue weighted by molar-refractivity contribution is -0.142. The summed E-state index contributed by atoms with van der Waals surface area (Å²) in [6.45, 7) is 3.93. The second-order valence-corrected chi connectivity index (χ2v) is 7.52. The summed E-state index contributed by atoms with van der Waals surface area (Å²) < 4.78 is 7.52. The van der Waals surface area contributed by atoms with Gasteiger partial charge in [-0.2, -0.15) is 0 Å². The molecule has 3 rings (SSSR count). The number of thioether (sulfide) groups is 1. The summed E-state index contributed by atoms with van der Waals surface area (Å²) in [5, 5.41) is 0.238. The van der Waals surface area contributed by atoms with Gasteiger partial charge in [-0.1, -0.05) is 18.7 Å². The molecule has 0 unspecified atom stereocenters. The maximum absolute atomic E-state index is 12.7. The molecule has 2 aromatic heterocycles. The van der Waals surface area contributed by atoms with Crippen molar-refractivity contribution in [2.24, 2.45) is 14.1 Å². The third-order valence-corrected chi connectivity index (χ3v) is 5.73. The zero-order valence-electron chi connectivity index (χ0n) is 15.3. The van der Waals surface area contributed by atoms with Crippen LogP contribution in [0.15, 0.2) is 14.6 Å². The molecule has 2 aromatic rings. The zero-order valence-corrected chi connectivity index (χ0v) is 16.1. The Labute approximate surface area is 154 Å². The molecule has 0 bridgehead atoms. The van der Waals surface area contributed by atoms with Crippen LogP contribution in [-0.4, -0.2) is 36.9 Å². The molecule has 8 nitrogen and oxygen atoms in total. The second kappa shape index (κ2) is 7.22. The van der Waals surface area contributed by atoms with Crippen molar-refractivity contribution < 1.29 is 9.53 Å². The summed E-state index contributed by atoms with van der Waals surface area (Å²) >= 11 is 1.21. The molecule has 26 heavy (non-hydrogen) atoms. The van der Waals surface area contributed by atoms with Gasteiger partial charge in [0.1, 0.15) is 21.5 Å². The largest absolute Gasteiger partial charge is 0.465 e. The smallest absolute Gasteiger partial charge is 0.332 e. The van der Waals surface area contributed by atoms with E-state index in [1.54, 1.807) is 14.0 Å². The van der Waals surface area contributed by atoms with E-state index in [0.29, 0.717) is 29.5 Å². The number of esters is 1. The SMILES string of the molecule is CCOC(=O)[C@H](CC)Sc1nc(C2CC2)nc2c1c(=O)n(C)c(=O)n2C. The monoisotopic (exact) mass is 378 g/mol. The number of fused-ring (bicyclic) bond motifs is 1. The molecular formula is C17H22N4O4S. The van der Waals surface area contributed by atoms with Gasteiger partial charge >= 0.3 is 11.7 Å². The summed E-state index contributed by atoms with van der Waals surface area (Å²) in [6.07, 6.45) is 2.52. The van der Waals surface area contributed by atoms with Crippen molar-refractivity contribution >= 4 is 28.8 Å². The van der Waals surface area contributed by atoms with E-state index in [2.05, 4.69) is 9.97 Å².